The van der Waals surface area contributed by atoms with E-state index in [9.17, 15) is 4.79 Å². The van der Waals surface area contributed by atoms with E-state index in [0.29, 0.717) is 23.7 Å². The molecule has 5 rings (SSSR count). The number of hydrogen-bond donors (Lipinski definition) is 0. The molecular formula is C25H36N2O2. The van der Waals surface area contributed by atoms with E-state index in [1.54, 1.807) is 0 Å². The average molecular weight is 397 g/mol. The Morgan fingerprint density at radius 1 is 0.966 bits per heavy atom. The van der Waals surface area contributed by atoms with Crippen molar-refractivity contribution in [2.45, 2.75) is 50.9 Å². The van der Waals surface area contributed by atoms with Crippen LogP contribution in [0, 0.1) is 17.8 Å². The van der Waals surface area contributed by atoms with E-state index in [1.165, 1.54) is 62.9 Å². The molecule has 4 aliphatic rings. The van der Waals surface area contributed by atoms with Crippen LogP contribution < -0.4 is 0 Å². The molecule has 1 aromatic carbocycles. The molecule has 0 N–H and O–H groups in total. The van der Waals surface area contributed by atoms with E-state index in [1.807, 2.05) is 0 Å². The van der Waals surface area contributed by atoms with Crippen molar-refractivity contribution in [2.75, 3.05) is 45.9 Å². The molecule has 1 aliphatic carbocycles. The van der Waals surface area contributed by atoms with Crippen LogP contribution >= 0.6 is 0 Å². The number of benzene rings is 1. The van der Waals surface area contributed by atoms with E-state index in [0.717, 1.165) is 39.1 Å². The zero-order chi connectivity index (χ0) is 19.6. The Labute approximate surface area is 175 Å². The number of fused-ring (bicyclic) bond motifs is 1. The molecule has 29 heavy (non-hydrogen) atoms. The fourth-order valence-corrected chi connectivity index (χ4v) is 6.29. The summed E-state index contributed by atoms with van der Waals surface area (Å²) >= 11 is 0. The standard InChI is InChI=1S/C25H36N2O2/c28-25(21-10-15-29-16-11-21)27-17-22-7-8-23(24(22)18-27)20-5-3-19(4-6-20)9-14-26-12-1-2-13-26/h3-6,21-24H,1-2,7-18H2. The molecule has 3 heterocycles. The Hall–Kier alpha value is -1.39. The topological polar surface area (TPSA) is 32.8 Å². The van der Waals surface area contributed by atoms with Crippen LogP contribution in [0.3, 0.4) is 0 Å². The summed E-state index contributed by atoms with van der Waals surface area (Å²) in [7, 11) is 0. The molecule has 0 aromatic heterocycles. The number of amides is 1. The molecule has 1 aromatic rings. The van der Waals surface area contributed by atoms with Crippen molar-refractivity contribution in [1.29, 1.82) is 0 Å². The van der Waals surface area contributed by atoms with Gasteiger partial charge in [-0.3, -0.25) is 4.79 Å². The maximum absolute atomic E-state index is 13.0. The number of likely N-dealkylation sites (tertiary alicyclic amines) is 2. The Bertz CT molecular complexity index is 691. The van der Waals surface area contributed by atoms with Gasteiger partial charge >= 0.3 is 0 Å². The van der Waals surface area contributed by atoms with E-state index >= 15 is 0 Å². The highest BCUT2D eigenvalue weighted by atomic mass is 16.5. The molecule has 1 amide bonds. The van der Waals surface area contributed by atoms with Crippen LogP contribution in [0.5, 0.6) is 0 Å². The van der Waals surface area contributed by atoms with Crippen molar-refractivity contribution in [2.24, 2.45) is 17.8 Å². The van der Waals surface area contributed by atoms with Gasteiger partial charge in [-0.05, 0) is 86.9 Å². The fourth-order valence-electron chi connectivity index (χ4n) is 6.29. The van der Waals surface area contributed by atoms with Gasteiger partial charge in [-0.15, -0.1) is 0 Å². The summed E-state index contributed by atoms with van der Waals surface area (Å²) in [5, 5.41) is 0. The third-order valence-corrected chi connectivity index (χ3v) is 8.06. The second-order valence-corrected chi connectivity index (χ2v) is 9.78. The van der Waals surface area contributed by atoms with Gasteiger partial charge in [0.05, 0.1) is 0 Å². The van der Waals surface area contributed by atoms with Crippen LogP contribution in [0.25, 0.3) is 0 Å². The number of carbonyl (C=O) groups excluding carboxylic acids is 1. The monoisotopic (exact) mass is 396 g/mol. The summed E-state index contributed by atoms with van der Waals surface area (Å²) < 4.78 is 5.44. The molecule has 4 heteroatoms. The summed E-state index contributed by atoms with van der Waals surface area (Å²) in [4.78, 5) is 17.8. The molecule has 0 spiro atoms. The lowest BCUT2D eigenvalue weighted by Gasteiger charge is -2.27. The Kier molecular flexibility index (Phi) is 5.92. The minimum absolute atomic E-state index is 0.205. The van der Waals surface area contributed by atoms with Gasteiger partial charge in [0.15, 0.2) is 0 Å². The van der Waals surface area contributed by atoms with Crippen LogP contribution in [0.1, 0.15) is 55.6 Å². The number of hydrogen-bond acceptors (Lipinski definition) is 3. The zero-order valence-electron chi connectivity index (χ0n) is 17.7. The lowest BCUT2D eigenvalue weighted by atomic mass is 9.86. The predicted octanol–water partition coefficient (Wildman–Crippen LogP) is 3.70. The van der Waals surface area contributed by atoms with Gasteiger partial charge in [-0.2, -0.15) is 0 Å². The fraction of sp³-hybridized carbons (Fsp3) is 0.720. The first-order valence-electron chi connectivity index (χ1n) is 12.0. The normalized spacial score (nSPS) is 30.8. The predicted molar refractivity (Wildman–Crippen MR) is 115 cm³/mol. The molecule has 0 radical (unpaired) electrons. The lowest BCUT2D eigenvalue weighted by molar-refractivity contribution is -0.137. The summed E-state index contributed by atoms with van der Waals surface area (Å²) in [6, 6.07) is 9.49. The number of rotatable bonds is 5. The summed E-state index contributed by atoms with van der Waals surface area (Å²) in [5.74, 6) is 2.61. The van der Waals surface area contributed by atoms with Gasteiger partial charge in [-0.25, -0.2) is 0 Å². The van der Waals surface area contributed by atoms with Gasteiger partial charge in [0.1, 0.15) is 0 Å². The highest BCUT2D eigenvalue weighted by molar-refractivity contribution is 5.79. The second-order valence-electron chi connectivity index (χ2n) is 9.78. The molecule has 1 saturated carbocycles. The second kappa shape index (κ2) is 8.77. The minimum atomic E-state index is 0.205. The van der Waals surface area contributed by atoms with Crippen molar-refractivity contribution in [3.05, 3.63) is 35.4 Å². The Morgan fingerprint density at radius 3 is 2.48 bits per heavy atom. The summed E-state index contributed by atoms with van der Waals surface area (Å²) in [6.45, 7) is 7.25. The quantitative estimate of drug-likeness (QED) is 0.761. The highest BCUT2D eigenvalue weighted by Gasteiger charge is 2.45. The first-order valence-corrected chi connectivity index (χ1v) is 12.0. The average Bonchev–Trinajstić information content (AvgIpc) is 3.50. The maximum Gasteiger partial charge on any atom is 0.225 e. The molecule has 0 bridgehead atoms. The van der Waals surface area contributed by atoms with Gasteiger partial charge in [0.2, 0.25) is 5.91 Å². The molecular weight excluding hydrogens is 360 g/mol. The summed E-state index contributed by atoms with van der Waals surface area (Å²) in [6.07, 6.45) is 8.31. The van der Waals surface area contributed by atoms with Crippen molar-refractivity contribution in [1.82, 2.24) is 9.80 Å². The SMILES string of the molecule is O=C(C1CCOCC1)N1CC2CCC(c3ccc(CCN4CCCC4)cc3)C2C1. The van der Waals surface area contributed by atoms with Crippen LogP contribution in [0.15, 0.2) is 24.3 Å². The molecule has 4 fully saturated rings. The van der Waals surface area contributed by atoms with Crippen molar-refractivity contribution in [3.63, 3.8) is 0 Å². The number of nitrogens with zero attached hydrogens (tertiary/aromatic N) is 2. The largest absolute Gasteiger partial charge is 0.381 e. The van der Waals surface area contributed by atoms with Crippen molar-refractivity contribution in [3.8, 4) is 0 Å². The van der Waals surface area contributed by atoms with E-state index in [4.69, 9.17) is 4.74 Å². The number of ether oxygens (including phenoxy) is 1. The third-order valence-electron chi connectivity index (χ3n) is 8.06. The Balaban J connectivity index is 1.18. The van der Waals surface area contributed by atoms with Crippen molar-refractivity contribution >= 4 is 5.91 Å². The molecule has 158 valence electrons. The smallest absolute Gasteiger partial charge is 0.225 e. The third kappa shape index (κ3) is 4.25. The lowest BCUT2D eigenvalue weighted by Crippen LogP contribution is -2.37. The number of carbonyl (C=O) groups is 1. The maximum atomic E-state index is 13.0. The van der Waals surface area contributed by atoms with Crippen LogP contribution in [-0.4, -0.2) is 61.6 Å². The van der Waals surface area contributed by atoms with Crippen LogP contribution in [0.4, 0.5) is 0 Å². The van der Waals surface area contributed by atoms with E-state index < -0.39 is 0 Å². The van der Waals surface area contributed by atoms with Crippen molar-refractivity contribution < 1.29 is 9.53 Å². The summed E-state index contributed by atoms with van der Waals surface area (Å²) in [5.41, 5.74) is 2.97. The van der Waals surface area contributed by atoms with Crippen LogP contribution in [-0.2, 0) is 16.0 Å². The zero-order valence-corrected chi connectivity index (χ0v) is 17.7. The van der Waals surface area contributed by atoms with Gasteiger partial charge in [0, 0.05) is 38.8 Å². The molecule has 3 unspecified atom stereocenters. The first kappa shape index (κ1) is 19.6. The minimum Gasteiger partial charge on any atom is -0.381 e. The molecule has 3 atom stereocenters. The molecule has 3 aliphatic heterocycles. The van der Waals surface area contributed by atoms with E-state index in [-0.39, 0.29) is 5.92 Å². The first-order chi connectivity index (χ1) is 14.3. The van der Waals surface area contributed by atoms with Gasteiger partial charge in [-0.1, -0.05) is 24.3 Å². The molecule has 4 nitrogen and oxygen atoms in total. The Morgan fingerprint density at radius 2 is 1.72 bits per heavy atom. The van der Waals surface area contributed by atoms with Gasteiger partial charge in [0.25, 0.3) is 0 Å². The van der Waals surface area contributed by atoms with E-state index in [2.05, 4.69) is 34.1 Å². The highest BCUT2D eigenvalue weighted by Crippen LogP contribution is 2.48. The van der Waals surface area contributed by atoms with Gasteiger partial charge < -0.3 is 14.5 Å². The van der Waals surface area contributed by atoms with Crippen LogP contribution in [0.2, 0.25) is 0 Å². The molecule has 3 saturated heterocycles.